The smallest absolute Gasteiger partial charge is 0.175 e. The average molecular weight is 458 g/mol. The summed E-state index contributed by atoms with van der Waals surface area (Å²) in [5, 5.41) is 0. The molecule has 32 heavy (non-hydrogen) atoms. The number of rotatable bonds is 4. The van der Waals surface area contributed by atoms with Crippen LogP contribution in [-0.2, 0) is 21.1 Å². The van der Waals surface area contributed by atoms with Gasteiger partial charge in [0.1, 0.15) is 5.60 Å². The molecule has 1 spiro atoms. The molecule has 0 aromatic heterocycles. The molecule has 0 unspecified atom stereocenters. The van der Waals surface area contributed by atoms with Crippen LogP contribution in [0.25, 0.3) is 0 Å². The van der Waals surface area contributed by atoms with E-state index in [4.69, 9.17) is 14.2 Å². The summed E-state index contributed by atoms with van der Waals surface area (Å²) in [6.07, 6.45) is 5.38. The van der Waals surface area contributed by atoms with E-state index in [0.717, 1.165) is 74.6 Å². The van der Waals surface area contributed by atoms with E-state index in [-0.39, 0.29) is 11.7 Å². The average Bonchev–Trinajstić information content (AvgIpc) is 2.80. The van der Waals surface area contributed by atoms with E-state index in [1.165, 1.54) is 6.26 Å². The number of para-hydroxylation sites is 1. The maximum atomic E-state index is 11.7. The zero-order valence-electron chi connectivity index (χ0n) is 18.7. The van der Waals surface area contributed by atoms with Gasteiger partial charge in [0.05, 0.1) is 18.1 Å². The van der Waals surface area contributed by atoms with Gasteiger partial charge < -0.3 is 14.2 Å². The summed E-state index contributed by atoms with van der Waals surface area (Å²) >= 11 is 0. The largest absolute Gasteiger partial charge is 0.493 e. The van der Waals surface area contributed by atoms with Crippen molar-refractivity contribution in [2.24, 2.45) is 5.92 Å². The Bertz CT molecular complexity index is 1070. The highest BCUT2D eigenvalue weighted by Crippen LogP contribution is 2.55. The molecule has 0 bridgehead atoms. The Morgan fingerprint density at radius 1 is 1.12 bits per heavy atom. The van der Waals surface area contributed by atoms with Crippen LogP contribution in [0, 0.1) is 5.92 Å². The molecule has 2 aromatic carbocycles. The predicted molar refractivity (Wildman–Crippen MR) is 122 cm³/mol. The lowest BCUT2D eigenvalue weighted by atomic mass is 9.70. The molecule has 3 aliphatic heterocycles. The van der Waals surface area contributed by atoms with Crippen molar-refractivity contribution in [3.8, 4) is 11.5 Å². The van der Waals surface area contributed by atoms with Crippen molar-refractivity contribution in [1.82, 2.24) is 4.90 Å². The van der Waals surface area contributed by atoms with Crippen molar-refractivity contribution >= 4 is 9.84 Å². The van der Waals surface area contributed by atoms with Crippen molar-refractivity contribution in [2.75, 3.05) is 33.1 Å². The number of methoxy groups -OCH3 is 1. The van der Waals surface area contributed by atoms with E-state index in [1.807, 2.05) is 24.3 Å². The minimum absolute atomic E-state index is 0.0673. The van der Waals surface area contributed by atoms with E-state index >= 15 is 0 Å². The molecule has 0 amide bonds. The molecule has 0 aliphatic carbocycles. The van der Waals surface area contributed by atoms with Gasteiger partial charge in [-0.2, -0.15) is 0 Å². The Hall–Kier alpha value is -2.09. The lowest BCUT2D eigenvalue weighted by molar-refractivity contribution is -0.150. The Kier molecular flexibility index (Phi) is 5.68. The molecule has 2 saturated heterocycles. The minimum atomic E-state index is -3.17. The highest BCUT2D eigenvalue weighted by Gasteiger charge is 2.53. The summed E-state index contributed by atoms with van der Waals surface area (Å²) in [5.74, 6) is 1.98. The highest BCUT2D eigenvalue weighted by molar-refractivity contribution is 7.90. The van der Waals surface area contributed by atoms with Gasteiger partial charge in [-0.05, 0) is 36.6 Å². The van der Waals surface area contributed by atoms with Gasteiger partial charge in [-0.25, -0.2) is 8.42 Å². The SMILES string of the molecule is COc1cccc2c1OC1(CCN(Cc3ccc(S(C)(=O)=O)cc3)CC1)[C@H]1CCCO[C@H]21. The van der Waals surface area contributed by atoms with E-state index in [2.05, 4.69) is 11.0 Å². The molecule has 3 heterocycles. The number of likely N-dealkylation sites (tertiary alicyclic amines) is 1. The summed E-state index contributed by atoms with van der Waals surface area (Å²) in [6.45, 7) is 3.47. The van der Waals surface area contributed by atoms with E-state index in [9.17, 15) is 8.42 Å². The number of hydrogen-bond donors (Lipinski definition) is 0. The van der Waals surface area contributed by atoms with Crippen LogP contribution in [0.2, 0.25) is 0 Å². The molecule has 2 aromatic rings. The molecule has 6 nitrogen and oxygen atoms in total. The summed E-state index contributed by atoms with van der Waals surface area (Å²) in [6, 6.07) is 13.3. The fourth-order valence-corrected chi connectivity index (χ4v) is 6.23. The molecule has 0 radical (unpaired) electrons. The standard InChI is InChI=1S/C25H31NO5S/c1-29-22-7-3-5-20-23-21(6-4-16-30-23)25(31-24(20)22)12-14-26(15-13-25)17-18-8-10-19(11-9-18)32(2,27)28/h3,5,7-11,21,23H,4,6,12-17H2,1-2H3/t21-,23+/m0/s1. The van der Waals surface area contributed by atoms with Gasteiger partial charge in [0, 0.05) is 56.8 Å². The first-order valence-corrected chi connectivity index (χ1v) is 13.3. The van der Waals surface area contributed by atoms with Gasteiger partial charge in [0.2, 0.25) is 0 Å². The van der Waals surface area contributed by atoms with Crippen LogP contribution in [0.3, 0.4) is 0 Å². The number of nitrogens with zero attached hydrogens (tertiary/aromatic N) is 1. The summed E-state index contributed by atoms with van der Waals surface area (Å²) in [5.41, 5.74) is 2.01. The first kappa shape index (κ1) is 21.7. The molecule has 0 saturated carbocycles. The molecule has 7 heteroatoms. The van der Waals surface area contributed by atoms with Gasteiger partial charge in [0.25, 0.3) is 0 Å². The minimum Gasteiger partial charge on any atom is -0.493 e. The maximum Gasteiger partial charge on any atom is 0.175 e. The third-order valence-electron chi connectivity index (χ3n) is 7.30. The van der Waals surface area contributed by atoms with Crippen LogP contribution >= 0.6 is 0 Å². The Morgan fingerprint density at radius 3 is 2.56 bits per heavy atom. The van der Waals surface area contributed by atoms with Crippen LogP contribution in [-0.4, -0.2) is 52.0 Å². The van der Waals surface area contributed by atoms with Gasteiger partial charge in [0.15, 0.2) is 21.3 Å². The fourth-order valence-electron chi connectivity index (χ4n) is 5.60. The third kappa shape index (κ3) is 3.91. The van der Waals surface area contributed by atoms with E-state index < -0.39 is 9.84 Å². The van der Waals surface area contributed by atoms with Crippen molar-refractivity contribution in [1.29, 1.82) is 0 Å². The summed E-state index contributed by atoms with van der Waals surface area (Å²) in [4.78, 5) is 2.80. The molecule has 5 rings (SSSR count). The van der Waals surface area contributed by atoms with Crippen LogP contribution in [0.4, 0.5) is 0 Å². The van der Waals surface area contributed by atoms with Crippen molar-refractivity contribution in [2.45, 2.75) is 48.8 Å². The zero-order valence-corrected chi connectivity index (χ0v) is 19.6. The number of piperidine rings is 1. The quantitative estimate of drug-likeness (QED) is 0.692. The zero-order chi connectivity index (χ0) is 22.3. The molecule has 2 atom stereocenters. The van der Waals surface area contributed by atoms with Gasteiger partial charge in [-0.1, -0.05) is 24.3 Å². The first-order chi connectivity index (χ1) is 15.4. The number of ether oxygens (including phenoxy) is 3. The second kappa shape index (κ2) is 8.36. The first-order valence-electron chi connectivity index (χ1n) is 11.4. The van der Waals surface area contributed by atoms with Crippen LogP contribution in [0.15, 0.2) is 47.4 Å². The van der Waals surface area contributed by atoms with E-state index in [1.54, 1.807) is 19.2 Å². The third-order valence-corrected chi connectivity index (χ3v) is 8.43. The number of fused-ring (bicyclic) bond motifs is 4. The van der Waals surface area contributed by atoms with Crippen LogP contribution < -0.4 is 9.47 Å². The summed E-state index contributed by atoms with van der Waals surface area (Å²) in [7, 11) is -1.47. The molecule has 172 valence electrons. The number of benzene rings is 2. The number of sulfone groups is 1. The molecule has 3 aliphatic rings. The summed E-state index contributed by atoms with van der Waals surface area (Å²) < 4.78 is 42.2. The van der Waals surface area contributed by atoms with Crippen molar-refractivity contribution in [3.05, 3.63) is 53.6 Å². The van der Waals surface area contributed by atoms with Gasteiger partial charge in [-0.3, -0.25) is 4.90 Å². The Balaban J connectivity index is 1.33. The molecule has 2 fully saturated rings. The topological polar surface area (TPSA) is 65.1 Å². The monoisotopic (exact) mass is 457 g/mol. The van der Waals surface area contributed by atoms with Crippen LogP contribution in [0.1, 0.15) is 42.9 Å². The molecular weight excluding hydrogens is 426 g/mol. The van der Waals surface area contributed by atoms with E-state index in [0.29, 0.717) is 10.8 Å². The normalized spacial score (nSPS) is 24.9. The van der Waals surface area contributed by atoms with Gasteiger partial charge >= 0.3 is 0 Å². The molecular formula is C25H31NO5S. The Labute approximate surface area is 190 Å². The second-order valence-corrected chi connectivity index (χ2v) is 11.3. The molecule has 0 N–H and O–H groups in total. The van der Waals surface area contributed by atoms with Crippen molar-refractivity contribution in [3.63, 3.8) is 0 Å². The lowest BCUT2D eigenvalue weighted by Gasteiger charge is -2.53. The second-order valence-electron chi connectivity index (χ2n) is 9.28. The predicted octanol–water partition coefficient (Wildman–Crippen LogP) is 3.99. The van der Waals surface area contributed by atoms with Crippen LogP contribution in [0.5, 0.6) is 11.5 Å². The number of hydrogen-bond acceptors (Lipinski definition) is 6. The van der Waals surface area contributed by atoms with Gasteiger partial charge in [-0.15, -0.1) is 0 Å². The Morgan fingerprint density at radius 2 is 1.88 bits per heavy atom. The lowest BCUT2D eigenvalue weighted by Crippen LogP contribution is -2.57. The highest BCUT2D eigenvalue weighted by atomic mass is 32.2. The maximum absolute atomic E-state index is 11.7. The van der Waals surface area contributed by atoms with Crippen molar-refractivity contribution < 1.29 is 22.6 Å². The fraction of sp³-hybridized carbons (Fsp3) is 0.520.